The Hall–Kier alpha value is -1.24. The monoisotopic (exact) mass is 248 g/mol. The fourth-order valence-electron chi connectivity index (χ4n) is 1.53. The Bertz CT molecular complexity index is 408. The van der Waals surface area contributed by atoms with Crippen molar-refractivity contribution in [1.82, 2.24) is 0 Å². The lowest BCUT2D eigenvalue weighted by molar-refractivity contribution is -0.115. The summed E-state index contributed by atoms with van der Waals surface area (Å²) < 4.78 is -0.654. The largest absolute Gasteiger partial charge is 0.396 e. The Morgan fingerprint density at radius 2 is 2.12 bits per heavy atom. The first-order valence-corrected chi connectivity index (χ1v) is 6.30. The predicted octanol–water partition coefficient (Wildman–Crippen LogP) is 2.51. The molecule has 1 aromatic rings. The molecule has 0 fully saturated rings. The molecular weight excluding hydrogens is 232 g/mol. The van der Waals surface area contributed by atoms with E-state index >= 15 is 0 Å². The average molecular weight is 248 g/mol. The molecular formula is C14H16O2S. The van der Waals surface area contributed by atoms with Gasteiger partial charge in [0.15, 0.2) is 0 Å². The molecule has 0 bridgehead atoms. The van der Waals surface area contributed by atoms with Crippen LogP contribution >= 0.6 is 11.8 Å². The zero-order chi connectivity index (χ0) is 12.7. The lowest BCUT2D eigenvalue weighted by atomic mass is 10.00. The number of carbonyl (C=O) groups excluding carboxylic acids is 1. The molecule has 3 heteroatoms. The van der Waals surface area contributed by atoms with Crippen molar-refractivity contribution < 1.29 is 9.90 Å². The van der Waals surface area contributed by atoms with Crippen LogP contribution in [0.5, 0.6) is 0 Å². The molecule has 0 saturated heterocycles. The van der Waals surface area contributed by atoms with Gasteiger partial charge in [-0.25, -0.2) is 0 Å². The molecule has 1 unspecified atom stereocenters. The molecule has 0 aliphatic carbocycles. The van der Waals surface area contributed by atoms with E-state index in [1.165, 1.54) is 11.8 Å². The molecule has 1 rings (SSSR count). The van der Waals surface area contributed by atoms with Crippen molar-refractivity contribution in [2.45, 2.75) is 29.4 Å². The minimum atomic E-state index is -0.654. The van der Waals surface area contributed by atoms with Gasteiger partial charge in [-0.1, -0.05) is 18.2 Å². The van der Waals surface area contributed by atoms with Crippen LogP contribution < -0.4 is 0 Å². The molecule has 1 N–H and O–H groups in total. The summed E-state index contributed by atoms with van der Waals surface area (Å²) in [4.78, 5) is 12.8. The molecule has 0 aromatic heterocycles. The van der Waals surface area contributed by atoms with Crippen LogP contribution in [0.2, 0.25) is 0 Å². The van der Waals surface area contributed by atoms with Gasteiger partial charge in [-0.3, -0.25) is 4.79 Å². The Morgan fingerprint density at radius 1 is 1.47 bits per heavy atom. The number of carbonyl (C=O) groups is 1. The minimum Gasteiger partial charge on any atom is -0.396 e. The van der Waals surface area contributed by atoms with Gasteiger partial charge < -0.3 is 5.11 Å². The number of terminal acetylenes is 1. The number of hydrogen-bond acceptors (Lipinski definition) is 3. The standard InChI is InChI=1S/C14H16O2S/c1-3-13(16)14(2,10-7-11-15)17-12-8-5-4-6-9-12/h1,4-6,8-9,15H,7,10-11H2,2H3. The summed E-state index contributed by atoms with van der Waals surface area (Å²) in [6, 6.07) is 9.68. The molecule has 0 saturated carbocycles. The number of rotatable bonds is 6. The van der Waals surface area contributed by atoms with Crippen LogP contribution in [-0.2, 0) is 4.79 Å². The molecule has 90 valence electrons. The van der Waals surface area contributed by atoms with Gasteiger partial charge in [-0.15, -0.1) is 18.2 Å². The van der Waals surface area contributed by atoms with E-state index in [0.717, 1.165) is 4.90 Å². The summed E-state index contributed by atoms with van der Waals surface area (Å²) in [7, 11) is 0. The second-order valence-corrected chi connectivity index (χ2v) is 5.52. The van der Waals surface area contributed by atoms with Gasteiger partial charge in [0.2, 0.25) is 5.78 Å². The van der Waals surface area contributed by atoms with E-state index in [1.807, 2.05) is 37.3 Å². The van der Waals surface area contributed by atoms with Crippen molar-refractivity contribution in [1.29, 1.82) is 0 Å². The fourth-order valence-corrected chi connectivity index (χ4v) is 2.74. The molecule has 0 amide bonds. The number of aliphatic hydroxyl groups excluding tert-OH is 1. The molecule has 0 heterocycles. The molecule has 0 aliphatic rings. The number of benzene rings is 1. The third-order valence-electron chi connectivity index (χ3n) is 2.51. The van der Waals surface area contributed by atoms with E-state index in [2.05, 4.69) is 5.92 Å². The molecule has 1 aromatic carbocycles. The maximum absolute atomic E-state index is 11.8. The highest BCUT2D eigenvalue weighted by atomic mass is 32.2. The molecule has 0 radical (unpaired) electrons. The van der Waals surface area contributed by atoms with Crippen molar-refractivity contribution in [2.75, 3.05) is 6.61 Å². The highest BCUT2D eigenvalue weighted by molar-refractivity contribution is 8.01. The lowest BCUT2D eigenvalue weighted by Crippen LogP contribution is -2.30. The highest BCUT2D eigenvalue weighted by Crippen LogP contribution is 2.36. The summed E-state index contributed by atoms with van der Waals surface area (Å²) in [5.41, 5.74) is 0. The summed E-state index contributed by atoms with van der Waals surface area (Å²) in [6.07, 6.45) is 6.36. The lowest BCUT2D eigenvalue weighted by Gasteiger charge is -2.24. The van der Waals surface area contributed by atoms with Gasteiger partial charge in [-0.05, 0) is 37.8 Å². The molecule has 0 aliphatic heterocycles. The van der Waals surface area contributed by atoms with Crippen LogP contribution in [-0.4, -0.2) is 22.2 Å². The SMILES string of the molecule is C#CC(=O)C(C)(CCCO)Sc1ccccc1. The molecule has 0 spiro atoms. The van der Waals surface area contributed by atoms with E-state index < -0.39 is 4.75 Å². The number of ketones is 1. The zero-order valence-corrected chi connectivity index (χ0v) is 10.7. The van der Waals surface area contributed by atoms with Gasteiger partial charge in [0.05, 0.1) is 4.75 Å². The maximum atomic E-state index is 11.8. The third kappa shape index (κ3) is 3.92. The van der Waals surface area contributed by atoms with Crippen molar-refractivity contribution in [3.8, 4) is 12.3 Å². The van der Waals surface area contributed by atoms with E-state index in [0.29, 0.717) is 12.8 Å². The first kappa shape index (κ1) is 13.8. The van der Waals surface area contributed by atoms with E-state index in [4.69, 9.17) is 11.5 Å². The van der Waals surface area contributed by atoms with Crippen LogP contribution in [0.4, 0.5) is 0 Å². The third-order valence-corrected chi connectivity index (χ3v) is 3.86. The smallest absolute Gasteiger partial charge is 0.221 e. The Morgan fingerprint density at radius 3 is 2.65 bits per heavy atom. The molecule has 2 nitrogen and oxygen atoms in total. The average Bonchev–Trinajstić information content (AvgIpc) is 2.36. The Labute approximate surface area is 106 Å². The summed E-state index contributed by atoms with van der Waals surface area (Å²) in [5, 5.41) is 8.88. The minimum absolute atomic E-state index is 0.0722. The van der Waals surface area contributed by atoms with Crippen LogP contribution in [0.15, 0.2) is 35.2 Å². The number of thioether (sulfide) groups is 1. The van der Waals surface area contributed by atoms with Crippen LogP contribution in [0.1, 0.15) is 19.8 Å². The van der Waals surface area contributed by atoms with Gasteiger partial charge in [0, 0.05) is 11.5 Å². The summed E-state index contributed by atoms with van der Waals surface area (Å²) >= 11 is 1.46. The number of Topliss-reactive ketones (excluding diaryl/α,β-unsaturated/α-hetero) is 1. The zero-order valence-electron chi connectivity index (χ0n) is 9.85. The second-order valence-electron chi connectivity index (χ2n) is 3.95. The highest BCUT2D eigenvalue weighted by Gasteiger charge is 2.32. The first-order chi connectivity index (χ1) is 8.12. The van der Waals surface area contributed by atoms with Gasteiger partial charge >= 0.3 is 0 Å². The Kier molecular flexibility index (Phi) is 5.27. The molecule has 1 atom stereocenters. The van der Waals surface area contributed by atoms with Crippen LogP contribution in [0.25, 0.3) is 0 Å². The fraction of sp³-hybridized carbons (Fsp3) is 0.357. The quantitative estimate of drug-likeness (QED) is 0.477. The van der Waals surface area contributed by atoms with E-state index in [-0.39, 0.29) is 12.4 Å². The summed E-state index contributed by atoms with van der Waals surface area (Å²) in [5.74, 6) is 1.97. The number of hydrogen-bond donors (Lipinski definition) is 1. The van der Waals surface area contributed by atoms with Crippen LogP contribution in [0, 0.1) is 12.3 Å². The van der Waals surface area contributed by atoms with Crippen molar-refractivity contribution in [3.05, 3.63) is 30.3 Å². The predicted molar refractivity (Wildman–Crippen MR) is 70.9 cm³/mol. The van der Waals surface area contributed by atoms with E-state index in [9.17, 15) is 4.79 Å². The van der Waals surface area contributed by atoms with E-state index in [1.54, 1.807) is 0 Å². The normalized spacial score (nSPS) is 13.7. The van der Waals surface area contributed by atoms with Gasteiger partial charge in [-0.2, -0.15) is 0 Å². The van der Waals surface area contributed by atoms with Crippen molar-refractivity contribution >= 4 is 17.5 Å². The van der Waals surface area contributed by atoms with Gasteiger partial charge in [0.25, 0.3) is 0 Å². The number of aliphatic hydroxyl groups is 1. The maximum Gasteiger partial charge on any atom is 0.221 e. The second kappa shape index (κ2) is 6.48. The van der Waals surface area contributed by atoms with Crippen molar-refractivity contribution in [3.63, 3.8) is 0 Å². The first-order valence-electron chi connectivity index (χ1n) is 5.48. The van der Waals surface area contributed by atoms with Gasteiger partial charge in [0.1, 0.15) is 0 Å². The summed E-state index contributed by atoms with van der Waals surface area (Å²) in [6.45, 7) is 1.91. The molecule has 17 heavy (non-hydrogen) atoms. The van der Waals surface area contributed by atoms with Crippen molar-refractivity contribution in [2.24, 2.45) is 0 Å². The van der Waals surface area contributed by atoms with Crippen LogP contribution in [0.3, 0.4) is 0 Å². The topological polar surface area (TPSA) is 37.3 Å². The Balaban J connectivity index is 2.84.